The van der Waals surface area contributed by atoms with E-state index in [1.165, 1.54) is 0 Å². The molecule has 0 atom stereocenters. The Hall–Kier alpha value is -2.66. The zero-order valence-corrected chi connectivity index (χ0v) is 15.2. The highest BCUT2D eigenvalue weighted by Gasteiger charge is 2.10. The molecule has 0 saturated heterocycles. The van der Waals surface area contributed by atoms with Gasteiger partial charge in [-0.2, -0.15) is 4.98 Å². The fourth-order valence-electron chi connectivity index (χ4n) is 2.63. The van der Waals surface area contributed by atoms with E-state index in [0.29, 0.717) is 11.8 Å². The minimum absolute atomic E-state index is 0.567. The van der Waals surface area contributed by atoms with Crippen molar-refractivity contribution in [2.75, 3.05) is 17.2 Å². The Morgan fingerprint density at radius 3 is 2.40 bits per heavy atom. The first-order valence-electron chi connectivity index (χ1n) is 8.15. The first-order chi connectivity index (χ1) is 12.1. The highest BCUT2D eigenvalue weighted by atomic mass is 35.5. The van der Waals surface area contributed by atoms with Gasteiger partial charge in [0.2, 0.25) is 5.95 Å². The second-order valence-electron chi connectivity index (χ2n) is 5.75. The van der Waals surface area contributed by atoms with Crippen LogP contribution in [0.2, 0.25) is 5.02 Å². The molecule has 0 aliphatic heterocycles. The molecule has 0 aliphatic rings. The molecule has 6 heteroatoms. The highest BCUT2D eigenvalue weighted by molar-refractivity contribution is 6.30. The summed E-state index contributed by atoms with van der Waals surface area (Å²) in [5.41, 5.74) is 4.69. The Labute approximate surface area is 152 Å². The molecule has 0 bridgehead atoms. The summed E-state index contributed by atoms with van der Waals surface area (Å²) in [6, 6.07) is 11.5. The van der Waals surface area contributed by atoms with Crippen LogP contribution >= 0.6 is 11.6 Å². The van der Waals surface area contributed by atoms with Crippen LogP contribution in [-0.2, 0) is 0 Å². The molecule has 3 rings (SSSR count). The number of halogens is 1. The normalized spacial score (nSPS) is 10.6. The molecule has 2 aromatic heterocycles. The van der Waals surface area contributed by atoms with Crippen LogP contribution in [0.4, 0.5) is 17.5 Å². The molecule has 0 saturated carbocycles. The van der Waals surface area contributed by atoms with Crippen LogP contribution < -0.4 is 10.6 Å². The largest absolute Gasteiger partial charge is 0.354 e. The van der Waals surface area contributed by atoms with E-state index in [-0.39, 0.29) is 0 Å². The van der Waals surface area contributed by atoms with E-state index >= 15 is 0 Å². The summed E-state index contributed by atoms with van der Waals surface area (Å²) in [6.07, 6.45) is 1.75. The monoisotopic (exact) mass is 353 g/mol. The van der Waals surface area contributed by atoms with Gasteiger partial charge in [0.05, 0.1) is 11.4 Å². The van der Waals surface area contributed by atoms with Crippen molar-refractivity contribution in [3.8, 4) is 11.4 Å². The van der Waals surface area contributed by atoms with Gasteiger partial charge < -0.3 is 10.6 Å². The lowest BCUT2D eigenvalue weighted by molar-refractivity contribution is 1.08. The number of aromatic nitrogens is 3. The Bertz CT molecular complexity index is 857. The molecule has 128 valence electrons. The van der Waals surface area contributed by atoms with Gasteiger partial charge in [0.15, 0.2) is 0 Å². The minimum atomic E-state index is 0.567. The second-order valence-corrected chi connectivity index (χ2v) is 6.18. The van der Waals surface area contributed by atoms with Crippen LogP contribution in [0, 0.1) is 13.8 Å². The number of pyridine rings is 1. The summed E-state index contributed by atoms with van der Waals surface area (Å²) in [7, 11) is 0. The summed E-state index contributed by atoms with van der Waals surface area (Å²) in [6.45, 7) is 6.79. The van der Waals surface area contributed by atoms with Crippen molar-refractivity contribution in [3.05, 3.63) is 58.7 Å². The number of anilines is 3. The van der Waals surface area contributed by atoms with Crippen LogP contribution in [-0.4, -0.2) is 21.5 Å². The van der Waals surface area contributed by atoms with Gasteiger partial charge >= 0.3 is 0 Å². The molecule has 0 fully saturated rings. The molecule has 1 aromatic carbocycles. The summed E-state index contributed by atoms with van der Waals surface area (Å²) >= 11 is 6.13. The van der Waals surface area contributed by atoms with Gasteiger partial charge in [0.25, 0.3) is 0 Å². The van der Waals surface area contributed by atoms with Crippen molar-refractivity contribution in [1.29, 1.82) is 0 Å². The standard InChI is InChI=1S/C19H20ClN5/c1-4-21-19-23-16(15-7-5-6-8-22-15)11-17(25-19)24-18-12(2)9-14(20)10-13(18)3/h5-11H,4H2,1-3H3,(H2,21,23,24,25). The maximum absolute atomic E-state index is 6.13. The first kappa shape index (κ1) is 17.2. The van der Waals surface area contributed by atoms with E-state index in [1.807, 2.05) is 57.2 Å². The lowest BCUT2D eigenvalue weighted by atomic mass is 10.1. The maximum Gasteiger partial charge on any atom is 0.225 e. The number of nitrogens with zero attached hydrogens (tertiary/aromatic N) is 3. The Balaban J connectivity index is 2.03. The van der Waals surface area contributed by atoms with Crippen molar-refractivity contribution < 1.29 is 0 Å². The third kappa shape index (κ3) is 4.06. The Morgan fingerprint density at radius 1 is 1.00 bits per heavy atom. The van der Waals surface area contributed by atoms with Crippen molar-refractivity contribution in [2.45, 2.75) is 20.8 Å². The topological polar surface area (TPSA) is 62.7 Å². The molecule has 2 heterocycles. The third-order valence-electron chi connectivity index (χ3n) is 3.74. The fourth-order valence-corrected chi connectivity index (χ4v) is 2.96. The molecule has 0 spiro atoms. The average Bonchev–Trinajstić information content (AvgIpc) is 2.59. The zero-order valence-electron chi connectivity index (χ0n) is 14.5. The average molecular weight is 354 g/mol. The van der Waals surface area contributed by atoms with E-state index in [9.17, 15) is 0 Å². The lowest BCUT2D eigenvalue weighted by Crippen LogP contribution is -2.06. The van der Waals surface area contributed by atoms with Crippen LogP contribution in [0.15, 0.2) is 42.6 Å². The van der Waals surface area contributed by atoms with Gasteiger partial charge in [-0.15, -0.1) is 0 Å². The Kier molecular flexibility index (Phi) is 5.14. The molecular weight excluding hydrogens is 334 g/mol. The van der Waals surface area contributed by atoms with Crippen LogP contribution in [0.5, 0.6) is 0 Å². The molecular formula is C19H20ClN5. The van der Waals surface area contributed by atoms with Crippen molar-refractivity contribution >= 4 is 29.1 Å². The third-order valence-corrected chi connectivity index (χ3v) is 3.96. The molecule has 3 aromatic rings. The summed E-state index contributed by atoms with van der Waals surface area (Å²) in [5.74, 6) is 1.28. The fraction of sp³-hybridized carbons (Fsp3) is 0.211. The smallest absolute Gasteiger partial charge is 0.225 e. The molecule has 0 unspecified atom stereocenters. The summed E-state index contributed by atoms with van der Waals surface area (Å²) in [5, 5.41) is 7.30. The molecule has 0 radical (unpaired) electrons. The number of hydrogen-bond donors (Lipinski definition) is 2. The maximum atomic E-state index is 6.13. The summed E-state index contributed by atoms with van der Waals surface area (Å²) < 4.78 is 0. The number of aryl methyl sites for hydroxylation is 2. The predicted octanol–water partition coefficient (Wildman–Crippen LogP) is 4.98. The van der Waals surface area contributed by atoms with Gasteiger partial charge in [-0.1, -0.05) is 17.7 Å². The van der Waals surface area contributed by atoms with Crippen LogP contribution in [0.1, 0.15) is 18.1 Å². The quantitative estimate of drug-likeness (QED) is 0.677. The Morgan fingerprint density at radius 2 is 1.76 bits per heavy atom. The van der Waals surface area contributed by atoms with Crippen LogP contribution in [0.3, 0.4) is 0 Å². The van der Waals surface area contributed by atoms with E-state index < -0.39 is 0 Å². The number of hydrogen-bond acceptors (Lipinski definition) is 5. The number of nitrogens with one attached hydrogen (secondary N) is 2. The van der Waals surface area contributed by atoms with Gasteiger partial charge in [-0.25, -0.2) is 4.98 Å². The molecule has 2 N–H and O–H groups in total. The van der Waals surface area contributed by atoms with Crippen LogP contribution in [0.25, 0.3) is 11.4 Å². The molecule has 5 nitrogen and oxygen atoms in total. The van der Waals surface area contributed by atoms with Crippen molar-refractivity contribution in [1.82, 2.24) is 15.0 Å². The molecule has 0 aliphatic carbocycles. The van der Waals surface area contributed by atoms with Gasteiger partial charge in [-0.05, 0) is 56.2 Å². The first-order valence-corrected chi connectivity index (χ1v) is 8.52. The van der Waals surface area contributed by atoms with E-state index in [1.54, 1.807) is 6.20 Å². The van der Waals surface area contributed by atoms with E-state index in [2.05, 4.69) is 25.6 Å². The molecule has 25 heavy (non-hydrogen) atoms. The van der Waals surface area contributed by atoms with E-state index in [4.69, 9.17) is 11.6 Å². The van der Waals surface area contributed by atoms with Gasteiger partial charge in [0, 0.05) is 29.5 Å². The minimum Gasteiger partial charge on any atom is -0.354 e. The number of rotatable bonds is 5. The van der Waals surface area contributed by atoms with Gasteiger partial charge in [-0.3, -0.25) is 4.98 Å². The van der Waals surface area contributed by atoms with Crippen molar-refractivity contribution in [3.63, 3.8) is 0 Å². The predicted molar refractivity (Wildman–Crippen MR) is 104 cm³/mol. The second kappa shape index (κ2) is 7.49. The summed E-state index contributed by atoms with van der Waals surface area (Å²) in [4.78, 5) is 13.5. The number of benzene rings is 1. The SMILES string of the molecule is CCNc1nc(Nc2c(C)cc(Cl)cc2C)cc(-c2ccccn2)n1. The lowest BCUT2D eigenvalue weighted by Gasteiger charge is -2.14. The zero-order chi connectivity index (χ0) is 17.8. The highest BCUT2D eigenvalue weighted by Crippen LogP contribution is 2.29. The van der Waals surface area contributed by atoms with Crippen molar-refractivity contribution in [2.24, 2.45) is 0 Å². The van der Waals surface area contributed by atoms with E-state index in [0.717, 1.165) is 39.8 Å². The van der Waals surface area contributed by atoms with Gasteiger partial charge in [0.1, 0.15) is 5.82 Å². The molecule has 0 amide bonds.